The van der Waals surface area contributed by atoms with E-state index in [1.165, 1.54) is 19.3 Å². The normalized spacial score (nSPS) is 19.7. The molecule has 1 aromatic carbocycles. The minimum absolute atomic E-state index is 0.0521. The first kappa shape index (κ1) is 22.7. The predicted molar refractivity (Wildman–Crippen MR) is 114 cm³/mol. The Morgan fingerprint density at radius 3 is 2.39 bits per heavy atom. The zero-order valence-corrected chi connectivity index (χ0v) is 18.0. The highest BCUT2D eigenvalue weighted by molar-refractivity contribution is 6.30. The van der Waals surface area contributed by atoms with Crippen molar-refractivity contribution >= 4 is 23.4 Å². The molecule has 1 atom stereocenters. The van der Waals surface area contributed by atoms with Gasteiger partial charge >= 0.3 is 0 Å². The summed E-state index contributed by atoms with van der Waals surface area (Å²) in [6.07, 6.45) is 5.92. The van der Waals surface area contributed by atoms with Gasteiger partial charge in [0.25, 0.3) is 0 Å². The van der Waals surface area contributed by atoms with E-state index in [1.807, 2.05) is 38.1 Å². The van der Waals surface area contributed by atoms with Crippen molar-refractivity contribution in [3.8, 4) is 0 Å². The molecule has 1 N–H and O–H groups in total. The lowest BCUT2D eigenvalue weighted by Gasteiger charge is -2.28. The van der Waals surface area contributed by atoms with Gasteiger partial charge in [-0.1, -0.05) is 44.0 Å². The number of hydrogen-bond acceptors (Lipinski definition) is 3. The zero-order chi connectivity index (χ0) is 20.4. The van der Waals surface area contributed by atoms with Crippen LogP contribution in [-0.4, -0.2) is 53.8 Å². The second-order valence-corrected chi connectivity index (χ2v) is 7.68. The number of nitrogens with zero attached hydrogens (tertiary/aromatic N) is 2. The number of carbonyl (C=O) groups excluding carboxylic acids is 2. The number of amides is 2. The zero-order valence-electron chi connectivity index (χ0n) is 17.3. The van der Waals surface area contributed by atoms with Crippen molar-refractivity contribution in [1.29, 1.82) is 0 Å². The molecule has 2 fully saturated rings. The van der Waals surface area contributed by atoms with Gasteiger partial charge in [-0.2, -0.15) is 0 Å². The first-order chi connectivity index (χ1) is 13.6. The lowest BCUT2D eigenvalue weighted by Crippen LogP contribution is -2.46. The summed E-state index contributed by atoms with van der Waals surface area (Å²) in [5.41, 5.74) is 1.00. The third-order valence-electron chi connectivity index (χ3n) is 5.35. The summed E-state index contributed by atoms with van der Waals surface area (Å²) >= 11 is 5.88. The third kappa shape index (κ3) is 6.78. The Morgan fingerprint density at radius 1 is 1.04 bits per heavy atom. The molecule has 0 aliphatic carbocycles. The van der Waals surface area contributed by atoms with Crippen LogP contribution in [0.25, 0.3) is 0 Å². The molecule has 3 rings (SSSR count). The second kappa shape index (κ2) is 12.1. The van der Waals surface area contributed by atoms with E-state index in [-0.39, 0.29) is 17.9 Å². The molecule has 0 saturated carbocycles. The van der Waals surface area contributed by atoms with Crippen LogP contribution in [0.15, 0.2) is 24.3 Å². The molecule has 0 radical (unpaired) electrons. The van der Waals surface area contributed by atoms with Gasteiger partial charge in [0.1, 0.15) is 6.04 Å². The van der Waals surface area contributed by atoms with E-state index in [0.29, 0.717) is 24.5 Å². The maximum atomic E-state index is 12.6. The highest BCUT2D eigenvalue weighted by Crippen LogP contribution is 2.19. The number of likely N-dealkylation sites (tertiary alicyclic amines) is 2. The van der Waals surface area contributed by atoms with Gasteiger partial charge in [0.2, 0.25) is 11.8 Å². The highest BCUT2D eigenvalue weighted by Gasteiger charge is 2.33. The monoisotopic (exact) mass is 407 g/mol. The summed E-state index contributed by atoms with van der Waals surface area (Å²) in [7, 11) is 0. The van der Waals surface area contributed by atoms with E-state index in [9.17, 15) is 9.59 Å². The number of hydrogen-bond donors (Lipinski definition) is 1. The van der Waals surface area contributed by atoms with Crippen molar-refractivity contribution in [3.05, 3.63) is 34.9 Å². The molecule has 1 unspecified atom stereocenters. The first-order valence-corrected chi connectivity index (χ1v) is 11.1. The van der Waals surface area contributed by atoms with E-state index in [4.69, 9.17) is 11.6 Å². The Morgan fingerprint density at radius 2 is 1.71 bits per heavy atom. The molecular formula is C22H34ClN3O2. The SMILES string of the molecule is CC.O=C(NCc1ccc(Cl)cc1)C1CCCN1C(=O)CCN1CCCCC1. The van der Waals surface area contributed by atoms with Crippen LogP contribution < -0.4 is 5.32 Å². The van der Waals surface area contributed by atoms with Gasteiger partial charge < -0.3 is 15.1 Å². The fourth-order valence-electron chi connectivity index (χ4n) is 3.83. The van der Waals surface area contributed by atoms with Gasteiger partial charge in [0.05, 0.1) is 0 Å². The van der Waals surface area contributed by atoms with Gasteiger partial charge in [-0.3, -0.25) is 9.59 Å². The molecule has 2 saturated heterocycles. The van der Waals surface area contributed by atoms with Crippen molar-refractivity contribution in [2.75, 3.05) is 26.2 Å². The molecule has 0 bridgehead atoms. The maximum Gasteiger partial charge on any atom is 0.243 e. The van der Waals surface area contributed by atoms with Gasteiger partial charge in [-0.15, -0.1) is 0 Å². The van der Waals surface area contributed by atoms with Crippen LogP contribution in [0.1, 0.15) is 57.9 Å². The van der Waals surface area contributed by atoms with Crippen molar-refractivity contribution in [2.45, 2.75) is 65.0 Å². The number of piperidine rings is 1. The number of benzene rings is 1. The number of rotatable bonds is 6. The van der Waals surface area contributed by atoms with E-state index < -0.39 is 0 Å². The summed E-state index contributed by atoms with van der Waals surface area (Å²) < 4.78 is 0. The molecule has 1 aromatic rings. The fourth-order valence-corrected chi connectivity index (χ4v) is 3.95. The van der Waals surface area contributed by atoms with Crippen LogP contribution in [0.4, 0.5) is 0 Å². The molecule has 2 amide bonds. The van der Waals surface area contributed by atoms with Gasteiger partial charge in [0, 0.05) is 31.1 Å². The Kier molecular flexibility index (Phi) is 9.79. The van der Waals surface area contributed by atoms with Crippen molar-refractivity contribution in [2.24, 2.45) is 0 Å². The van der Waals surface area contributed by atoms with Crippen LogP contribution in [0.5, 0.6) is 0 Å². The maximum absolute atomic E-state index is 12.6. The summed E-state index contributed by atoms with van der Waals surface area (Å²) in [4.78, 5) is 29.3. The first-order valence-electron chi connectivity index (χ1n) is 10.7. The Labute approximate surface area is 174 Å². The predicted octanol–water partition coefficient (Wildman–Crippen LogP) is 3.85. The minimum Gasteiger partial charge on any atom is -0.350 e. The molecule has 2 aliphatic rings. The molecule has 2 aliphatic heterocycles. The standard InChI is InChI=1S/C20H28ClN3O2.C2H6/c21-17-8-6-16(7-9-17)15-22-20(26)18-5-4-13-24(18)19(25)10-14-23-11-2-1-3-12-23;1-2/h6-9,18H,1-5,10-15H2,(H,22,26);1-2H3. The van der Waals surface area contributed by atoms with E-state index in [0.717, 1.165) is 38.0 Å². The van der Waals surface area contributed by atoms with E-state index >= 15 is 0 Å². The molecule has 0 spiro atoms. The van der Waals surface area contributed by atoms with Gasteiger partial charge in [-0.05, 0) is 56.5 Å². The molecule has 2 heterocycles. The van der Waals surface area contributed by atoms with Gasteiger partial charge in [-0.25, -0.2) is 0 Å². The summed E-state index contributed by atoms with van der Waals surface area (Å²) in [6, 6.07) is 7.11. The number of carbonyl (C=O) groups is 2. The lowest BCUT2D eigenvalue weighted by atomic mass is 10.1. The van der Waals surface area contributed by atoms with Crippen LogP contribution in [0, 0.1) is 0 Å². The van der Waals surface area contributed by atoms with Gasteiger partial charge in [0.15, 0.2) is 0 Å². The summed E-state index contributed by atoms with van der Waals surface area (Å²) in [6.45, 7) is 8.16. The number of nitrogens with one attached hydrogen (secondary N) is 1. The average Bonchev–Trinajstić information content (AvgIpc) is 3.24. The van der Waals surface area contributed by atoms with Crippen LogP contribution >= 0.6 is 11.6 Å². The second-order valence-electron chi connectivity index (χ2n) is 7.24. The third-order valence-corrected chi connectivity index (χ3v) is 5.60. The van der Waals surface area contributed by atoms with Crippen molar-refractivity contribution in [3.63, 3.8) is 0 Å². The lowest BCUT2D eigenvalue weighted by molar-refractivity contribution is -0.138. The topological polar surface area (TPSA) is 52.7 Å². The minimum atomic E-state index is -0.323. The Balaban J connectivity index is 0.00000136. The smallest absolute Gasteiger partial charge is 0.243 e. The Bertz CT molecular complexity index is 615. The quantitative estimate of drug-likeness (QED) is 0.779. The Hall–Kier alpha value is -1.59. The molecule has 156 valence electrons. The number of halogens is 1. The van der Waals surface area contributed by atoms with Crippen molar-refractivity contribution in [1.82, 2.24) is 15.1 Å². The van der Waals surface area contributed by atoms with Crippen molar-refractivity contribution < 1.29 is 9.59 Å². The van der Waals surface area contributed by atoms with E-state index in [2.05, 4.69) is 10.2 Å². The van der Waals surface area contributed by atoms with Crippen LogP contribution in [0.3, 0.4) is 0 Å². The fraction of sp³-hybridized carbons (Fsp3) is 0.636. The average molecular weight is 408 g/mol. The highest BCUT2D eigenvalue weighted by atomic mass is 35.5. The van der Waals surface area contributed by atoms with Crippen LogP contribution in [-0.2, 0) is 16.1 Å². The molecular weight excluding hydrogens is 374 g/mol. The summed E-state index contributed by atoms with van der Waals surface area (Å²) in [5, 5.41) is 3.65. The van der Waals surface area contributed by atoms with Crippen LogP contribution in [0.2, 0.25) is 5.02 Å². The molecule has 0 aromatic heterocycles. The van der Waals surface area contributed by atoms with E-state index in [1.54, 1.807) is 4.90 Å². The molecule has 6 heteroatoms. The molecule has 28 heavy (non-hydrogen) atoms. The largest absolute Gasteiger partial charge is 0.350 e. The molecule has 5 nitrogen and oxygen atoms in total. The summed E-state index contributed by atoms with van der Waals surface area (Å²) in [5.74, 6) is 0.0588.